The van der Waals surface area contributed by atoms with Crippen molar-refractivity contribution >= 4 is 5.69 Å². The molecule has 18 heavy (non-hydrogen) atoms. The molecule has 0 aliphatic carbocycles. The average Bonchev–Trinajstić information content (AvgIpc) is 2.34. The molecular weight excluding hydrogens is 231 g/mol. The predicted octanol–water partition coefficient (Wildman–Crippen LogP) is 2.63. The lowest BCUT2D eigenvalue weighted by atomic mass is 9.80. The van der Waals surface area contributed by atoms with E-state index in [-0.39, 0.29) is 17.3 Å². The number of hydrogen-bond donors (Lipinski definition) is 2. The zero-order valence-corrected chi connectivity index (χ0v) is 11.2. The standard InChI is InChI=1S/C14H21FN2O/c1-14(2)9-16-7-6-13(14)17-12-8-10(18-3)4-5-11(12)15/h4-5,8,13,16-17H,6-7,9H2,1-3H3. The fraction of sp³-hybridized carbons (Fsp3) is 0.571. The first-order valence-electron chi connectivity index (χ1n) is 6.34. The molecule has 0 spiro atoms. The molecule has 1 saturated heterocycles. The Balaban J connectivity index is 2.17. The first kappa shape index (κ1) is 13.1. The first-order chi connectivity index (χ1) is 8.53. The molecule has 0 amide bonds. The second kappa shape index (κ2) is 5.14. The van der Waals surface area contributed by atoms with Gasteiger partial charge in [-0.15, -0.1) is 0 Å². The highest BCUT2D eigenvalue weighted by Gasteiger charge is 2.32. The minimum Gasteiger partial charge on any atom is -0.497 e. The smallest absolute Gasteiger partial charge is 0.146 e. The van der Waals surface area contributed by atoms with Crippen molar-refractivity contribution in [3.05, 3.63) is 24.0 Å². The van der Waals surface area contributed by atoms with Crippen molar-refractivity contribution in [2.24, 2.45) is 5.41 Å². The lowest BCUT2D eigenvalue weighted by molar-refractivity contribution is 0.236. The predicted molar refractivity (Wildman–Crippen MR) is 71.6 cm³/mol. The third kappa shape index (κ3) is 2.75. The van der Waals surface area contributed by atoms with Gasteiger partial charge in [0.2, 0.25) is 0 Å². The van der Waals surface area contributed by atoms with E-state index in [4.69, 9.17) is 4.74 Å². The lowest BCUT2D eigenvalue weighted by Crippen LogP contribution is -2.49. The van der Waals surface area contributed by atoms with Gasteiger partial charge in [-0.05, 0) is 30.5 Å². The Kier molecular flexibility index (Phi) is 3.76. The largest absolute Gasteiger partial charge is 0.497 e. The monoisotopic (exact) mass is 252 g/mol. The minimum absolute atomic E-state index is 0.105. The number of methoxy groups -OCH3 is 1. The molecule has 1 aliphatic heterocycles. The maximum atomic E-state index is 13.8. The van der Waals surface area contributed by atoms with Crippen molar-refractivity contribution in [1.29, 1.82) is 0 Å². The van der Waals surface area contributed by atoms with Crippen LogP contribution in [0.2, 0.25) is 0 Å². The van der Waals surface area contributed by atoms with Gasteiger partial charge in [0.25, 0.3) is 0 Å². The van der Waals surface area contributed by atoms with E-state index < -0.39 is 0 Å². The van der Waals surface area contributed by atoms with E-state index in [1.165, 1.54) is 6.07 Å². The van der Waals surface area contributed by atoms with Crippen LogP contribution in [0.15, 0.2) is 18.2 Å². The maximum Gasteiger partial charge on any atom is 0.146 e. The molecule has 4 heteroatoms. The molecule has 0 aromatic heterocycles. The summed E-state index contributed by atoms with van der Waals surface area (Å²) < 4.78 is 18.9. The SMILES string of the molecule is COc1ccc(F)c(NC2CCNCC2(C)C)c1. The second-order valence-electron chi connectivity index (χ2n) is 5.50. The molecular formula is C14H21FN2O. The Labute approximate surface area is 108 Å². The van der Waals surface area contributed by atoms with Crippen molar-refractivity contribution in [3.8, 4) is 5.75 Å². The first-order valence-corrected chi connectivity index (χ1v) is 6.34. The van der Waals surface area contributed by atoms with Crippen LogP contribution in [0, 0.1) is 11.2 Å². The van der Waals surface area contributed by atoms with Gasteiger partial charge in [-0.25, -0.2) is 4.39 Å². The molecule has 1 aromatic rings. The maximum absolute atomic E-state index is 13.8. The Morgan fingerprint density at radius 1 is 1.44 bits per heavy atom. The molecule has 1 atom stereocenters. The number of anilines is 1. The van der Waals surface area contributed by atoms with Gasteiger partial charge in [0, 0.05) is 18.7 Å². The van der Waals surface area contributed by atoms with E-state index in [0.29, 0.717) is 11.4 Å². The van der Waals surface area contributed by atoms with E-state index in [1.807, 2.05) is 0 Å². The summed E-state index contributed by atoms with van der Waals surface area (Å²) in [5.74, 6) is 0.441. The minimum atomic E-state index is -0.231. The summed E-state index contributed by atoms with van der Waals surface area (Å²) in [6.45, 7) is 6.28. The van der Waals surface area contributed by atoms with E-state index in [9.17, 15) is 4.39 Å². The van der Waals surface area contributed by atoms with Gasteiger partial charge >= 0.3 is 0 Å². The van der Waals surface area contributed by atoms with Gasteiger partial charge < -0.3 is 15.4 Å². The van der Waals surface area contributed by atoms with E-state index in [1.54, 1.807) is 19.2 Å². The van der Waals surface area contributed by atoms with Crippen molar-refractivity contribution < 1.29 is 9.13 Å². The van der Waals surface area contributed by atoms with Crippen LogP contribution < -0.4 is 15.4 Å². The summed E-state index contributed by atoms with van der Waals surface area (Å²) in [6, 6.07) is 5.05. The highest BCUT2D eigenvalue weighted by Crippen LogP contribution is 2.30. The van der Waals surface area contributed by atoms with Gasteiger partial charge in [-0.1, -0.05) is 13.8 Å². The Bertz CT molecular complexity index is 420. The summed E-state index contributed by atoms with van der Waals surface area (Å²) >= 11 is 0. The van der Waals surface area contributed by atoms with Crippen LogP contribution in [-0.4, -0.2) is 26.2 Å². The summed E-state index contributed by atoms with van der Waals surface area (Å²) in [6.07, 6.45) is 0.990. The van der Waals surface area contributed by atoms with Crippen molar-refractivity contribution in [3.63, 3.8) is 0 Å². The fourth-order valence-corrected chi connectivity index (χ4v) is 2.37. The number of hydrogen-bond acceptors (Lipinski definition) is 3. The van der Waals surface area contributed by atoms with E-state index >= 15 is 0 Å². The highest BCUT2D eigenvalue weighted by molar-refractivity contribution is 5.50. The Morgan fingerprint density at radius 2 is 2.22 bits per heavy atom. The van der Waals surface area contributed by atoms with Crippen LogP contribution in [0.25, 0.3) is 0 Å². The quantitative estimate of drug-likeness (QED) is 0.867. The average molecular weight is 252 g/mol. The summed E-state index contributed by atoms with van der Waals surface area (Å²) in [4.78, 5) is 0. The van der Waals surface area contributed by atoms with Gasteiger partial charge in [-0.3, -0.25) is 0 Å². The summed E-state index contributed by atoms with van der Waals surface area (Å²) in [5.41, 5.74) is 0.627. The fourth-order valence-electron chi connectivity index (χ4n) is 2.37. The third-order valence-electron chi connectivity index (χ3n) is 3.64. The number of nitrogens with one attached hydrogen (secondary N) is 2. The van der Waals surface area contributed by atoms with Crippen LogP contribution in [0.5, 0.6) is 5.75 Å². The van der Waals surface area contributed by atoms with Crippen molar-refractivity contribution in [2.75, 3.05) is 25.5 Å². The molecule has 1 fully saturated rings. The Hall–Kier alpha value is -1.29. The number of piperidine rings is 1. The molecule has 2 N–H and O–H groups in total. The van der Waals surface area contributed by atoms with Gasteiger partial charge in [0.05, 0.1) is 12.8 Å². The van der Waals surface area contributed by atoms with Crippen LogP contribution in [0.1, 0.15) is 20.3 Å². The highest BCUT2D eigenvalue weighted by atomic mass is 19.1. The van der Waals surface area contributed by atoms with E-state index in [2.05, 4.69) is 24.5 Å². The van der Waals surface area contributed by atoms with Crippen molar-refractivity contribution in [1.82, 2.24) is 5.32 Å². The second-order valence-corrected chi connectivity index (χ2v) is 5.50. The van der Waals surface area contributed by atoms with Crippen LogP contribution in [0.4, 0.5) is 10.1 Å². The summed E-state index contributed by atoms with van der Waals surface area (Å²) in [5, 5.41) is 6.69. The zero-order valence-electron chi connectivity index (χ0n) is 11.2. The molecule has 0 saturated carbocycles. The van der Waals surface area contributed by atoms with Gasteiger partial charge in [0.1, 0.15) is 11.6 Å². The molecule has 100 valence electrons. The molecule has 1 aromatic carbocycles. The topological polar surface area (TPSA) is 33.3 Å². The normalized spacial score (nSPS) is 22.6. The number of benzene rings is 1. The van der Waals surface area contributed by atoms with Gasteiger partial charge in [-0.2, -0.15) is 0 Å². The zero-order chi connectivity index (χ0) is 13.2. The third-order valence-corrected chi connectivity index (χ3v) is 3.64. The van der Waals surface area contributed by atoms with Crippen LogP contribution in [0.3, 0.4) is 0 Å². The summed E-state index contributed by atoms with van der Waals surface area (Å²) in [7, 11) is 1.59. The Morgan fingerprint density at radius 3 is 2.89 bits per heavy atom. The molecule has 1 aliphatic rings. The molecule has 2 rings (SSSR count). The number of halogens is 1. The van der Waals surface area contributed by atoms with Crippen molar-refractivity contribution in [2.45, 2.75) is 26.3 Å². The number of ether oxygens (including phenoxy) is 1. The molecule has 3 nitrogen and oxygen atoms in total. The lowest BCUT2D eigenvalue weighted by Gasteiger charge is -2.40. The molecule has 1 unspecified atom stereocenters. The van der Waals surface area contributed by atoms with Crippen LogP contribution >= 0.6 is 0 Å². The van der Waals surface area contributed by atoms with E-state index in [0.717, 1.165) is 19.5 Å². The number of rotatable bonds is 3. The molecule has 0 radical (unpaired) electrons. The van der Waals surface area contributed by atoms with Crippen LogP contribution in [-0.2, 0) is 0 Å². The molecule has 0 bridgehead atoms. The van der Waals surface area contributed by atoms with Gasteiger partial charge in [0.15, 0.2) is 0 Å². The molecule has 1 heterocycles.